The van der Waals surface area contributed by atoms with Crippen LogP contribution in [0.1, 0.15) is 105 Å². The molecular formula is C35H21BrO10. The average Bonchev–Trinajstić information content (AvgIpc) is 3.68. The maximum atomic E-state index is 12.9. The molecule has 2 aliphatic rings. The molecule has 0 spiro atoms. The van der Waals surface area contributed by atoms with Crippen LogP contribution < -0.4 is 0 Å². The molecule has 46 heavy (non-hydrogen) atoms. The van der Waals surface area contributed by atoms with Crippen LogP contribution in [0.15, 0.2) is 74.0 Å². The van der Waals surface area contributed by atoms with Crippen molar-refractivity contribution in [3.8, 4) is 22.6 Å². The van der Waals surface area contributed by atoms with Gasteiger partial charge in [-0.1, -0.05) is 29.8 Å². The molecule has 0 amide bonds. The number of phenolic OH excluding ortho intramolecular Hbond substituents is 2. The van der Waals surface area contributed by atoms with E-state index in [4.69, 9.17) is 8.83 Å². The number of phenols is 2. The van der Waals surface area contributed by atoms with Crippen LogP contribution in [-0.4, -0.2) is 44.9 Å². The molecule has 2 aliphatic carbocycles. The highest BCUT2D eigenvalue weighted by molar-refractivity contribution is 9.10. The standard InChI is InChI=1S/C21H14O5.C14H7BrO5/c1-10-3-5-12(6-4-10)13-7-8-14-17(18(13)23)19(24)15-9-16(11(2)22)26-21(15)20(14)25;1-5(16)9-4-7-11(17)10-6(12(18)14(7)20-9)2-3-8(15)13(10)19/h3-9,23H,1-2H3;2-4,19H,1H3. The van der Waals surface area contributed by atoms with Gasteiger partial charge in [-0.2, -0.15) is 0 Å². The number of hydrogen-bond donors (Lipinski definition) is 2. The van der Waals surface area contributed by atoms with Crippen molar-refractivity contribution in [2.75, 3.05) is 0 Å². The fourth-order valence-corrected chi connectivity index (χ4v) is 5.61. The highest BCUT2D eigenvalue weighted by Gasteiger charge is 2.38. The third-order valence-corrected chi connectivity index (χ3v) is 8.31. The van der Waals surface area contributed by atoms with Gasteiger partial charge in [0, 0.05) is 30.5 Å². The van der Waals surface area contributed by atoms with Crippen molar-refractivity contribution < 1.29 is 47.8 Å². The molecule has 0 aliphatic heterocycles. The zero-order chi connectivity index (χ0) is 33.2. The van der Waals surface area contributed by atoms with E-state index in [-0.39, 0.29) is 79.5 Å². The fourth-order valence-electron chi connectivity index (χ4n) is 5.28. The lowest BCUT2D eigenvalue weighted by Gasteiger charge is -2.17. The molecule has 3 aromatic carbocycles. The van der Waals surface area contributed by atoms with E-state index in [0.29, 0.717) is 10.0 Å². The van der Waals surface area contributed by atoms with Crippen LogP contribution in [0.4, 0.5) is 0 Å². The first-order valence-electron chi connectivity index (χ1n) is 13.7. The summed E-state index contributed by atoms with van der Waals surface area (Å²) in [5.41, 5.74) is 2.27. The van der Waals surface area contributed by atoms with Gasteiger partial charge in [0.1, 0.15) is 11.5 Å². The zero-order valence-electron chi connectivity index (χ0n) is 24.3. The predicted molar refractivity (Wildman–Crippen MR) is 165 cm³/mol. The summed E-state index contributed by atoms with van der Waals surface area (Å²) < 4.78 is 10.8. The summed E-state index contributed by atoms with van der Waals surface area (Å²) in [7, 11) is 0. The smallest absolute Gasteiger partial charge is 0.229 e. The number of hydrogen-bond acceptors (Lipinski definition) is 10. The number of benzene rings is 3. The van der Waals surface area contributed by atoms with Gasteiger partial charge < -0.3 is 19.0 Å². The highest BCUT2D eigenvalue weighted by atomic mass is 79.9. The van der Waals surface area contributed by atoms with Crippen LogP contribution in [0.5, 0.6) is 11.5 Å². The lowest BCUT2D eigenvalue weighted by molar-refractivity contribution is 0.0942. The number of fused-ring (bicyclic) bond motifs is 4. The molecule has 0 bridgehead atoms. The first-order valence-corrected chi connectivity index (χ1v) is 14.5. The maximum absolute atomic E-state index is 12.9. The van der Waals surface area contributed by atoms with Gasteiger partial charge in [0.25, 0.3) is 0 Å². The molecule has 7 rings (SSSR count). The van der Waals surface area contributed by atoms with Gasteiger partial charge in [0.05, 0.1) is 26.7 Å². The first kappa shape index (κ1) is 30.4. The van der Waals surface area contributed by atoms with E-state index in [2.05, 4.69) is 15.9 Å². The Balaban J connectivity index is 0.000000167. The Labute approximate surface area is 268 Å². The van der Waals surface area contributed by atoms with Gasteiger partial charge in [0.2, 0.25) is 23.1 Å². The van der Waals surface area contributed by atoms with Gasteiger partial charge in [-0.05, 0) is 64.8 Å². The number of ketones is 6. The first-order chi connectivity index (χ1) is 21.8. The van der Waals surface area contributed by atoms with E-state index in [1.165, 1.54) is 44.2 Å². The largest absolute Gasteiger partial charge is 0.507 e. The summed E-state index contributed by atoms with van der Waals surface area (Å²) >= 11 is 3.10. The monoisotopic (exact) mass is 680 g/mol. The molecule has 0 fully saturated rings. The van der Waals surface area contributed by atoms with E-state index < -0.39 is 23.1 Å². The van der Waals surface area contributed by atoms with E-state index in [0.717, 1.165) is 11.1 Å². The molecule has 0 saturated heterocycles. The van der Waals surface area contributed by atoms with E-state index >= 15 is 0 Å². The lowest BCUT2D eigenvalue weighted by Crippen LogP contribution is -2.19. The van der Waals surface area contributed by atoms with Crippen molar-refractivity contribution in [1.82, 2.24) is 0 Å². The minimum atomic E-state index is -0.537. The van der Waals surface area contributed by atoms with Crippen molar-refractivity contribution in [2.24, 2.45) is 0 Å². The average molecular weight is 681 g/mol. The third-order valence-electron chi connectivity index (χ3n) is 7.67. The molecule has 2 aromatic heterocycles. The summed E-state index contributed by atoms with van der Waals surface area (Å²) in [4.78, 5) is 73.0. The molecule has 2 N–H and O–H groups in total. The van der Waals surface area contributed by atoms with Crippen molar-refractivity contribution in [2.45, 2.75) is 20.8 Å². The minimum absolute atomic E-state index is 0.00102. The zero-order valence-corrected chi connectivity index (χ0v) is 25.9. The second-order valence-electron chi connectivity index (χ2n) is 10.7. The number of aryl methyl sites for hydroxylation is 1. The second kappa shape index (κ2) is 11.0. The number of furan rings is 2. The van der Waals surface area contributed by atoms with Gasteiger partial charge >= 0.3 is 0 Å². The highest BCUT2D eigenvalue weighted by Crippen LogP contribution is 2.41. The summed E-state index contributed by atoms with van der Waals surface area (Å²) in [5, 5.41) is 20.7. The van der Waals surface area contributed by atoms with Crippen molar-refractivity contribution in [1.29, 1.82) is 0 Å². The molecule has 11 heteroatoms. The number of Topliss-reactive ketones (excluding diaryl/α,β-unsaturated/α-hetero) is 2. The predicted octanol–water partition coefficient (Wildman–Crippen LogP) is 6.66. The number of carbonyl (C=O) groups is 6. The fraction of sp³-hybridized carbons (Fsp3) is 0.0857. The van der Waals surface area contributed by atoms with Crippen molar-refractivity contribution >= 4 is 50.6 Å². The normalized spacial score (nSPS) is 12.9. The van der Waals surface area contributed by atoms with Crippen molar-refractivity contribution in [3.05, 3.63) is 127 Å². The molecule has 228 valence electrons. The van der Waals surface area contributed by atoms with E-state index in [1.807, 2.05) is 31.2 Å². The molecule has 0 atom stereocenters. The number of aromatic hydroxyl groups is 2. The second-order valence-corrected chi connectivity index (χ2v) is 11.6. The molecule has 2 heterocycles. The lowest BCUT2D eigenvalue weighted by atomic mass is 9.85. The Morgan fingerprint density at radius 3 is 1.50 bits per heavy atom. The van der Waals surface area contributed by atoms with Crippen LogP contribution in [0.2, 0.25) is 0 Å². The van der Waals surface area contributed by atoms with Crippen molar-refractivity contribution in [3.63, 3.8) is 0 Å². The Bertz CT molecular complexity index is 2210. The summed E-state index contributed by atoms with van der Waals surface area (Å²) in [6.07, 6.45) is 0. The summed E-state index contributed by atoms with van der Waals surface area (Å²) in [6.45, 7) is 4.52. The quantitative estimate of drug-likeness (QED) is 0.192. The van der Waals surface area contributed by atoms with Crippen LogP contribution in [-0.2, 0) is 0 Å². The van der Waals surface area contributed by atoms with E-state index in [1.54, 1.807) is 6.07 Å². The molecule has 0 saturated carbocycles. The maximum Gasteiger partial charge on any atom is 0.229 e. The van der Waals surface area contributed by atoms with Gasteiger partial charge in [-0.3, -0.25) is 28.8 Å². The van der Waals surface area contributed by atoms with Crippen LogP contribution in [0, 0.1) is 6.92 Å². The van der Waals surface area contributed by atoms with Gasteiger partial charge in [-0.15, -0.1) is 0 Å². The van der Waals surface area contributed by atoms with Gasteiger partial charge in [-0.25, -0.2) is 0 Å². The Hall–Kier alpha value is -5.68. The van der Waals surface area contributed by atoms with Crippen LogP contribution >= 0.6 is 15.9 Å². The van der Waals surface area contributed by atoms with Crippen LogP contribution in [0.25, 0.3) is 11.1 Å². The third kappa shape index (κ3) is 4.72. The Morgan fingerprint density at radius 2 is 1.02 bits per heavy atom. The van der Waals surface area contributed by atoms with Gasteiger partial charge in [0.15, 0.2) is 34.6 Å². The number of rotatable bonds is 3. The SMILES string of the molecule is CC(=O)c1cc2c(o1)C(=O)c1ccc(-c3ccc(C)cc3)c(O)c1C2=O.CC(=O)c1cc2c(o1)C(=O)c1ccc(Br)c(O)c1C2=O. The molecule has 0 radical (unpaired) electrons. The van der Waals surface area contributed by atoms with E-state index in [9.17, 15) is 39.0 Å². The summed E-state index contributed by atoms with van der Waals surface area (Å²) in [6, 6.07) is 16.0. The molecule has 5 aromatic rings. The minimum Gasteiger partial charge on any atom is -0.507 e. The number of halogens is 1. The Morgan fingerprint density at radius 1 is 0.587 bits per heavy atom. The summed E-state index contributed by atoms with van der Waals surface area (Å²) in [5.74, 6) is -3.84. The molecule has 10 nitrogen and oxygen atoms in total. The molecule has 0 unspecified atom stereocenters. The number of carbonyl (C=O) groups excluding carboxylic acids is 6. The Kier molecular flexibility index (Phi) is 7.28. The topological polar surface area (TPSA) is 169 Å². The molecular weight excluding hydrogens is 660 g/mol. The van der Waals surface area contributed by atoms with Crippen LogP contribution in [0.3, 0.4) is 0 Å².